The van der Waals surface area contributed by atoms with Gasteiger partial charge in [0.25, 0.3) is 0 Å². The predicted octanol–water partition coefficient (Wildman–Crippen LogP) is 4.24. The molecule has 0 radical (unpaired) electrons. The van der Waals surface area contributed by atoms with Gasteiger partial charge >= 0.3 is 0 Å². The van der Waals surface area contributed by atoms with E-state index in [0.29, 0.717) is 5.41 Å². The molecule has 0 aromatic heterocycles. The Bertz CT molecular complexity index is 540. The topological polar surface area (TPSA) is 35.2 Å². The lowest BCUT2D eigenvalue weighted by Gasteiger charge is -2.18. The highest BCUT2D eigenvalue weighted by atomic mass is 16.5. The quantitative estimate of drug-likeness (QED) is 0.818. The Kier molecular flexibility index (Phi) is 3.46. The highest BCUT2D eigenvalue weighted by molar-refractivity contribution is 5.96. The molecule has 96 valence electrons. The molecule has 0 spiro atoms. The highest BCUT2D eigenvalue weighted by Gasteiger charge is 2.11. The third kappa shape index (κ3) is 2.95. The summed E-state index contributed by atoms with van der Waals surface area (Å²) < 4.78 is 5.89. The average Bonchev–Trinajstić information content (AvgIpc) is 2.31. The molecule has 2 nitrogen and oxygen atoms in total. The molecule has 0 unspecified atom stereocenters. The molecule has 0 saturated carbocycles. The van der Waals surface area contributed by atoms with Gasteiger partial charge in [-0.25, -0.2) is 0 Å². The number of hydrogen-bond acceptors (Lipinski definition) is 2. The van der Waals surface area contributed by atoms with Gasteiger partial charge in [0.05, 0.1) is 6.61 Å². The normalized spacial score (nSPS) is 11.7. The van der Waals surface area contributed by atoms with E-state index < -0.39 is 0 Å². The summed E-state index contributed by atoms with van der Waals surface area (Å²) in [4.78, 5) is 0. The molecule has 0 aliphatic rings. The van der Waals surface area contributed by atoms with Crippen molar-refractivity contribution in [2.45, 2.75) is 27.2 Å². The van der Waals surface area contributed by atoms with Crippen molar-refractivity contribution in [3.05, 3.63) is 36.4 Å². The first-order valence-corrected chi connectivity index (χ1v) is 6.37. The summed E-state index contributed by atoms with van der Waals surface area (Å²) in [6.45, 7) is 7.39. The maximum Gasteiger partial charge on any atom is 0.127 e. The zero-order valence-electron chi connectivity index (χ0n) is 11.4. The molecule has 0 aliphatic carbocycles. The summed E-state index contributed by atoms with van der Waals surface area (Å²) in [6.07, 6.45) is 1.03. The molecule has 0 aliphatic heterocycles. The smallest absolute Gasteiger partial charge is 0.127 e. The van der Waals surface area contributed by atoms with Crippen molar-refractivity contribution in [1.82, 2.24) is 0 Å². The zero-order valence-corrected chi connectivity index (χ0v) is 11.4. The average molecular weight is 243 g/mol. The number of rotatable bonds is 3. The molecular weight excluding hydrogens is 222 g/mol. The van der Waals surface area contributed by atoms with E-state index in [0.717, 1.165) is 35.2 Å². The zero-order chi connectivity index (χ0) is 13.2. The van der Waals surface area contributed by atoms with Gasteiger partial charge < -0.3 is 10.5 Å². The Hall–Kier alpha value is -1.70. The van der Waals surface area contributed by atoms with Crippen LogP contribution in [0.2, 0.25) is 0 Å². The molecule has 2 rings (SSSR count). The minimum atomic E-state index is 0.295. The van der Waals surface area contributed by atoms with Crippen molar-refractivity contribution in [2.75, 3.05) is 12.3 Å². The van der Waals surface area contributed by atoms with Crippen LogP contribution >= 0.6 is 0 Å². The second-order valence-corrected chi connectivity index (χ2v) is 5.86. The van der Waals surface area contributed by atoms with Crippen molar-refractivity contribution in [3.8, 4) is 5.75 Å². The summed E-state index contributed by atoms with van der Waals surface area (Å²) in [6, 6.07) is 12.0. The van der Waals surface area contributed by atoms with Crippen LogP contribution in [0.4, 0.5) is 5.69 Å². The minimum absolute atomic E-state index is 0.295. The Labute approximate surface area is 109 Å². The van der Waals surface area contributed by atoms with Crippen molar-refractivity contribution >= 4 is 16.5 Å². The van der Waals surface area contributed by atoms with Gasteiger partial charge in [0.1, 0.15) is 5.75 Å². The van der Waals surface area contributed by atoms with Gasteiger partial charge in [-0.2, -0.15) is 0 Å². The molecule has 0 saturated heterocycles. The van der Waals surface area contributed by atoms with E-state index in [4.69, 9.17) is 10.5 Å². The van der Waals surface area contributed by atoms with Crippen LogP contribution in [0.15, 0.2) is 36.4 Å². The summed E-state index contributed by atoms with van der Waals surface area (Å²) in [5, 5.41) is 2.15. The monoisotopic (exact) mass is 243 g/mol. The molecule has 0 heterocycles. The molecule has 2 aromatic rings. The Balaban J connectivity index is 2.21. The number of anilines is 1. The molecular formula is C16H21NO. The third-order valence-electron chi connectivity index (χ3n) is 3.03. The van der Waals surface area contributed by atoms with Gasteiger partial charge in [0.15, 0.2) is 0 Å². The second-order valence-electron chi connectivity index (χ2n) is 5.86. The van der Waals surface area contributed by atoms with Crippen LogP contribution in [0.5, 0.6) is 5.75 Å². The van der Waals surface area contributed by atoms with Crippen LogP contribution in [0, 0.1) is 5.41 Å². The Morgan fingerprint density at radius 3 is 2.33 bits per heavy atom. The van der Waals surface area contributed by atoms with Crippen molar-refractivity contribution in [2.24, 2.45) is 5.41 Å². The van der Waals surface area contributed by atoms with E-state index in [-0.39, 0.29) is 0 Å². The predicted molar refractivity (Wildman–Crippen MR) is 77.9 cm³/mol. The lowest BCUT2D eigenvalue weighted by molar-refractivity contribution is 0.245. The van der Waals surface area contributed by atoms with E-state index >= 15 is 0 Å². The maximum atomic E-state index is 5.97. The van der Waals surface area contributed by atoms with Crippen molar-refractivity contribution < 1.29 is 4.74 Å². The number of fused-ring (bicyclic) bond motifs is 1. The lowest BCUT2D eigenvalue weighted by atomic mass is 9.93. The van der Waals surface area contributed by atoms with Crippen LogP contribution in [0.1, 0.15) is 27.2 Å². The number of nitrogen functional groups attached to an aromatic ring is 1. The van der Waals surface area contributed by atoms with Crippen LogP contribution < -0.4 is 10.5 Å². The molecule has 0 fully saturated rings. The summed E-state index contributed by atoms with van der Waals surface area (Å²) in [5.41, 5.74) is 7.06. The molecule has 2 aromatic carbocycles. The maximum absolute atomic E-state index is 5.97. The first kappa shape index (κ1) is 12.7. The number of ether oxygens (including phenoxy) is 1. The van der Waals surface area contributed by atoms with E-state index in [1.165, 1.54) is 0 Å². The Morgan fingerprint density at radius 2 is 1.67 bits per heavy atom. The molecule has 2 N–H and O–H groups in total. The highest BCUT2D eigenvalue weighted by Crippen LogP contribution is 2.30. The Morgan fingerprint density at radius 1 is 1.00 bits per heavy atom. The SMILES string of the molecule is CC(C)(C)CCOc1ccc(N)c2ccccc12. The van der Waals surface area contributed by atoms with Gasteiger partial charge in [0.2, 0.25) is 0 Å². The third-order valence-corrected chi connectivity index (χ3v) is 3.03. The van der Waals surface area contributed by atoms with Crippen LogP contribution in [-0.2, 0) is 0 Å². The van der Waals surface area contributed by atoms with Crippen molar-refractivity contribution in [3.63, 3.8) is 0 Å². The largest absolute Gasteiger partial charge is 0.493 e. The summed E-state index contributed by atoms with van der Waals surface area (Å²) in [7, 11) is 0. The second kappa shape index (κ2) is 4.89. The standard InChI is InChI=1S/C16H21NO/c1-16(2,3)10-11-18-15-9-8-14(17)12-6-4-5-7-13(12)15/h4-9H,10-11,17H2,1-3H3. The van der Waals surface area contributed by atoms with Gasteiger partial charge in [-0.05, 0) is 24.0 Å². The van der Waals surface area contributed by atoms with Crippen LogP contribution in [0.3, 0.4) is 0 Å². The molecule has 0 bridgehead atoms. The van der Waals surface area contributed by atoms with Gasteiger partial charge in [0, 0.05) is 16.5 Å². The minimum Gasteiger partial charge on any atom is -0.493 e. The van der Waals surface area contributed by atoms with Crippen molar-refractivity contribution in [1.29, 1.82) is 0 Å². The number of nitrogens with two attached hydrogens (primary N) is 1. The van der Waals surface area contributed by atoms with E-state index in [1.54, 1.807) is 0 Å². The molecule has 0 atom stereocenters. The fourth-order valence-electron chi connectivity index (χ4n) is 1.89. The first-order valence-electron chi connectivity index (χ1n) is 6.37. The molecule has 18 heavy (non-hydrogen) atoms. The van der Waals surface area contributed by atoms with Gasteiger partial charge in [-0.1, -0.05) is 45.0 Å². The number of hydrogen-bond donors (Lipinski definition) is 1. The van der Waals surface area contributed by atoms with E-state index in [2.05, 4.69) is 26.8 Å². The number of benzene rings is 2. The van der Waals surface area contributed by atoms with Crippen LogP contribution in [-0.4, -0.2) is 6.61 Å². The molecule has 2 heteroatoms. The summed E-state index contributed by atoms with van der Waals surface area (Å²) in [5.74, 6) is 0.920. The van der Waals surface area contributed by atoms with E-state index in [9.17, 15) is 0 Å². The van der Waals surface area contributed by atoms with Gasteiger partial charge in [-0.3, -0.25) is 0 Å². The summed E-state index contributed by atoms with van der Waals surface area (Å²) >= 11 is 0. The van der Waals surface area contributed by atoms with Crippen LogP contribution in [0.25, 0.3) is 10.8 Å². The molecule has 0 amide bonds. The fourth-order valence-corrected chi connectivity index (χ4v) is 1.89. The fraction of sp³-hybridized carbons (Fsp3) is 0.375. The van der Waals surface area contributed by atoms with Gasteiger partial charge in [-0.15, -0.1) is 0 Å². The lowest BCUT2D eigenvalue weighted by Crippen LogP contribution is -2.11. The first-order chi connectivity index (χ1) is 8.47. The van der Waals surface area contributed by atoms with E-state index in [1.807, 2.05) is 30.3 Å².